The van der Waals surface area contributed by atoms with E-state index in [4.69, 9.17) is 5.53 Å². The number of aromatic nitrogens is 3. The van der Waals surface area contributed by atoms with Crippen LogP contribution in [0.15, 0.2) is 53.1 Å². The number of hydrogen-bond acceptors (Lipinski definition) is 7. The maximum absolute atomic E-state index is 9.57. The van der Waals surface area contributed by atoms with Crippen LogP contribution in [0.1, 0.15) is 25.0 Å². The molecule has 0 spiro atoms. The van der Waals surface area contributed by atoms with E-state index in [1.165, 1.54) is 6.33 Å². The molecule has 1 aromatic carbocycles. The molecular weight excluding hydrogens is 332 g/mol. The minimum absolute atomic E-state index is 0.119. The van der Waals surface area contributed by atoms with E-state index in [0.717, 1.165) is 5.52 Å². The molecule has 4 N–H and O–H groups in total. The van der Waals surface area contributed by atoms with Crippen molar-refractivity contribution in [2.45, 2.75) is 26.5 Å². The number of nitrogens with one attached hydrogen (secondary N) is 3. The molecule has 0 unspecified atom stereocenters. The van der Waals surface area contributed by atoms with E-state index in [1.54, 1.807) is 16.6 Å². The molecule has 3 aromatic rings. The molecule has 134 valence electrons. The molecule has 0 atom stereocenters. The number of aliphatic hydroxyl groups is 1. The zero-order valence-corrected chi connectivity index (χ0v) is 14.5. The molecule has 9 heteroatoms. The van der Waals surface area contributed by atoms with E-state index >= 15 is 0 Å². The predicted molar refractivity (Wildman–Crippen MR) is 98.6 cm³/mol. The van der Waals surface area contributed by atoms with Crippen LogP contribution >= 0.6 is 0 Å². The first-order valence-corrected chi connectivity index (χ1v) is 8.12. The predicted octanol–water partition coefficient (Wildman–Crippen LogP) is 2.66. The summed E-state index contributed by atoms with van der Waals surface area (Å²) in [7, 11) is 0. The molecule has 26 heavy (non-hydrogen) atoms. The van der Waals surface area contributed by atoms with Crippen LogP contribution in [0.25, 0.3) is 5.52 Å². The molecule has 3 rings (SSSR count). The number of hydrazone groups is 1. The minimum atomic E-state index is -0.143. The fourth-order valence-electron chi connectivity index (χ4n) is 2.43. The topological polar surface area (TPSA) is 123 Å². The highest BCUT2D eigenvalue weighted by Crippen LogP contribution is 2.22. The van der Waals surface area contributed by atoms with Crippen LogP contribution in [0, 0.1) is 5.53 Å². The fourth-order valence-corrected chi connectivity index (χ4v) is 2.43. The van der Waals surface area contributed by atoms with Gasteiger partial charge < -0.3 is 15.8 Å². The Bertz CT molecular complexity index is 947. The highest BCUT2D eigenvalue weighted by molar-refractivity contribution is 6.00. The number of amidine groups is 1. The molecule has 0 aliphatic carbocycles. The van der Waals surface area contributed by atoms with Gasteiger partial charge in [-0.3, -0.25) is 0 Å². The molecule has 0 fully saturated rings. The number of benzene rings is 1. The van der Waals surface area contributed by atoms with Crippen LogP contribution in [0.5, 0.6) is 0 Å². The smallest absolute Gasteiger partial charge is 0.200 e. The summed E-state index contributed by atoms with van der Waals surface area (Å²) >= 11 is 0. The summed E-state index contributed by atoms with van der Waals surface area (Å²) in [5, 5.41) is 24.6. The first kappa shape index (κ1) is 17.5. The third kappa shape index (κ3) is 3.83. The third-order valence-electron chi connectivity index (χ3n) is 3.56. The Morgan fingerprint density at radius 3 is 2.92 bits per heavy atom. The SMILES string of the molecule is CC(C)N/N=C(\N=N)c1cc(CO)cc(Nc2ncnn3cccc23)c1. The minimum Gasteiger partial charge on any atom is -0.392 e. The molecule has 2 heterocycles. The Morgan fingerprint density at radius 1 is 1.35 bits per heavy atom. The molecule has 0 aliphatic heterocycles. The van der Waals surface area contributed by atoms with Crippen molar-refractivity contribution in [1.82, 2.24) is 20.0 Å². The molecule has 2 aromatic heterocycles. The van der Waals surface area contributed by atoms with E-state index in [0.29, 0.717) is 22.6 Å². The maximum atomic E-state index is 9.57. The zero-order chi connectivity index (χ0) is 18.5. The van der Waals surface area contributed by atoms with Crippen LogP contribution in [0.4, 0.5) is 11.5 Å². The number of aliphatic hydroxyl groups excluding tert-OH is 1. The second kappa shape index (κ2) is 7.70. The van der Waals surface area contributed by atoms with Gasteiger partial charge in [0.1, 0.15) is 11.8 Å². The lowest BCUT2D eigenvalue weighted by atomic mass is 10.1. The Morgan fingerprint density at radius 2 is 2.19 bits per heavy atom. The average molecular weight is 352 g/mol. The molecular formula is C17H20N8O. The van der Waals surface area contributed by atoms with Gasteiger partial charge in [0.25, 0.3) is 0 Å². The van der Waals surface area contributed by atoms with Gasteiger partial charge in [-0.2, -0.15) is 10.2 Å². The molecule has 0 saturated heterocycles. The largest absolute Gasteiger partial charge is 0.392 e. The highest BCUT2D eigenvalue weighted by Gasteiger charge is 2.10. The van der Waals surface area contributed by atoms with Crippen molar-refractivity contribution in [2.75, 3.05) is 5.32 Å². The van der Waals surface area contributed by atoms with Gasteiger partial charge in [0.15, 0.2) is 11.7 Å². The van der Waals surface area contributed by atoms with Crippen LogP contribution in [-0.2, 0) is 6.61 Å². The van der Waals surface area contributed by atoms with Crippen LogP contribution in [0.2, 0.25) is 0 Å². The first-order valence-electron chi connectivity index (χ1n) is 8.12. The number of anilines is 2. The van der Waals surface area contributed by atoms with E-state index in [9.17, 15) is 5.11 Å². The summed E-state index contributed by atoms with van der Waals surface area (Å²) in [6.45, 7) is 3.75. The number of fused-ring (bicyclic) bond motifs is 1. The first-order chi connectivity index (χ1) is 12.6. The van der Waals surface area contributed by atoms with Crippen molar-refractivity contribution in [2.24, 2.45) is 10.2 Å². The van der Waals surface area contributed by atoms with Gasteiger partial charge in [0.2, 0.25) is 0 Å². The van der Waals surface area contributed by atoms with Gasteiger partial charge in [-0.1, -0.05) is 0 Å². The van der Waals surface area contributed by atoms with Gasteiger partial charge in [0, 0.05) is 23.5 Å². The zero-order valence-electron chi connectivity index (χ0n) is 14.5. The molecule has 0 bridgehead atoms. The number of nitrogens with zero attached hydrogens (tertiary/aromatic N) is 5. The van der Waals surface area contributed by atoms with Gasteiger partial charge in [-0.15, -0.1) is 5.11 Å². The lowest BCUT2D eigenvalue weighted by Gasteiger charge is -2.11. The van der Waals surface area contributed by atoms with Crippen molar-refractivity contribution in [3.8, 4) is 0 Å². The quantitative estimate of drug-likeness (QED) is 0.235. The van der Waals surface area contributed by atoms with E-state index in [2.05, 4.69) is 31.0 Å². The van der Waals surface area contributed by atoms with Crippen LogP contribution < -0.4 is 10.7 Å². The van der Waals surface area contributed by atoms with E-state index in [-0.39, 0.29) is 18.5 Å². The summed E-state index contributed by atoms with van der Waals surface area (Å²) in [5.74, 6) is 0.861. The monoisotopic (exact) mass is 352 g/mol. The molecule has 0 aliphatic rings. The van der Waals surface area contributed by atoms with E-state index in [1.807, 2.05) is 38.2 Å². The van der Waals surface area contributed by atoms with Crippen molar-refractivity contribution < 1.29 is 5.11 Å². The maximum Gasteiger partial charge on any atom is 0.200 e. The van der Waals surface area contributed by atoms with Crippen molar-refractivity contribution >= 4 is 22.9 Å². The highest BCUT2D eigenvalue weighted by atomic mass is 16.3. The van der Waals surface area contributed by atoms with Gasteiger partial charge in [-0.05, 0) is 49.7 Å². The van der Waals surface area contributed by atoms with Crippen molar-refractivity contribution in [3.05, 3.63) is 54.0 Å². The second-order valence-corrected chi connectivity index (χ2v) is 5.98. The summed E-state index contributed by atoms with van der Waals surface area (Å²) in [6.07, 6.45) is 3.30. The summed E-state index contributed by atoms with van der Waals surface area (Å²) < 4.78 is 1.71. The Labute approximate surface area is 150 Å². The van der Waals surface area contributed by atoms with Crippen molar-refractivity contribution in [3.63, 3.8) is 0 Å². The summed E-state index contributed by atoms with van der Waals surface area (Å²) in [5.41, 5.74) is 13.1. The number of rotatable bonds is 6. The van der Waals surface area contributed by atoms with Crippen LogP contribution in [-0.4, -0.2) is 31.6 Å². The Hall–Kier alpha value is -3.33. The average Bonchev–Trinajstić information content (AvgIpc) is 3.11. The number of hydrogen-bond donors (Lipinski definition) is 4. The van der Waals surface area contributed by atoms with Crippen LogP contribution in [0.3, 0.4) is 0 Å². The Balaban J connectivity index is 1.98. The second-order valence-electron chi connectivity index (χ2n) is 5.98. The molecule has 0 amide bonds. The third-order valence-corrected chi connectivity index (χ3v) is 3.56. The van der Waals surface area contributed by atoms with Gasteiger partial charge in [0.05, 0.1) is 6.61 Å². The molecule has 9 nitrogen and oxygen atoms in total. The lowest BCUT2D eigenvalue weighted by molar-refractivity contribution is 0.282. The summed E-state index contributed by atoms with van der Waals surface area (Å²) in [6, 6.07) is 9.26. The normalized spacial score (nSPS) is 11.8. The fraction of sp³-hybridized carbons (Fsp3) is 0.235. The van der Waals surface area contributed by atoms with Gasteiger partial charge >= 0.3 is 0 Å². The molecule has 0 saturated carbocycles. The standard InChI is InChI=1S/C17H20N8O/c1-11(2)23-24-16(22-18)13-6-12(9-26)7-14(8-13)21-17-15-4-3-5-25(15)20-10-19-17/h3-8,10-11,18,23,26H,9H2,1-2H3,(H,19,20,21)/b22-18?,24-16-. The lowest BCUT2D eigenvalue weighted by Crippen LogP contribution is -2.18. The van der Waals surface area contributed by atoms with Crippen molar-refractivity contribution in [1.29, 1.82) is 5.53 Å². The van der Waals surface area contributed by atoms with Gasteiger partial charge in [-0.25, -0.2) is 15.0 Å². The van der Waals surface area contributed by atoms with E-state index < -0.39 is 0 Å². The summed E-state index contributed by atoms with van der Waals surface area (Å²) in [4.78, 5) is 4.28. The molecule has 0 radical (unpaired) electrons. The Kier molecular flexibility index (Phi) is 5.18.